The first-order valence-corrected chi connectivity index (χ1v) is 6.61. The van der Waals surface area contributed by atoms with Crippen LogP contribution in [0, 0.1) is 5.41 Å². The SMILES string of the molecule is CCCC1(C(=O)Cc2cccnc2N)CCNC1. The number of carbonyl (C=O) groups excluding carboxylic acids is 1. The number of hydrogen-bond donors (Lipinski definition) is 2. The van der Waals surface area contributed by atoms with Gasteiger partial charge < -0.3 is 11.1 Å². The zero-order valence-electron chi connectivity index (χ0n) is 10.9. The maximum absolute atomic E-state index is 12.6. The van der Waals surface area contributed by atoms with E-state index in [-0.39, 0.29) is 5.41 Å². The van der Waals surface area contributed by atoms with Gasteiger partial charge in [-0.3, -0.25) is 4.79 Å². The van der Waals surface area contributed by atoms with E-state index in [0.717, 1.165) is 37.9 Å². The molecule has 0 bridgehead atoms. The van der Waals surface area contributed by atoms with Gasteiger partial charge in [0, 0.05) is 30.1 Å². The van der Waals surface area contributed by atoms with Gasteiger partial charge in [0.15, 0.2) is 0 Å². The molecule has 2 rings (SSSR count). The molecular weight excluding hydrogens is 226 g/mol. The molecule has 1 aliphatic heterocycles. The minimum Gasteiger partial charge on any atom is -0.383 e. The van der Waals surface area contributed by atoms with Gasteiger partial charge in [0.05, 0.1) is 0 Å². The quantitative estimate of drug-likeness (QED) is 0.828. The summed E-state index contributed by atoms with van der Waals surface area (Å²) in [6.07, 6.45) is 5.00. The van der Waals surface area contributed by atoms with Crippen molar-refractivity contribution in [2.75, 3.05) is 18.8 Å². The number of nitrogens with two attached hydrogens (primary N) is 1. The second kappa shape index (κ2) is 5.48. The van der Waals surface area contributed by atoms with Gasteiger partial charge in [-0.25, -0.2) is 4.98 Å². The van der Waals surface area contributed by atoms with Crippen molar-refractivity contribution in [3.8, 4) is 0 Å². The molecule has 2 heterocycles. The van der Waals surface area contributed by atoms with Crippen molar-refractivity contribution in [3.05, 3.63) is 23.9 Å². The molecule has 1 fully saturated rings. The number of anilines is 1. The Morgan fingerprint density at radius 2 is 2.44 bits per heavy atom. The first-order chi connectivity index (χ1) is 8.68. The van der Waals surface area contributed by atoms with Crippen molar-refractivity contribution in [1.29, 1.82) is 0 Å². The van der Waals surface area contributed by atoms with Crippen LogP contribution in [0.15, 0.2) is 18.3 Å². The number of nitrogens with zero attached hydrogens (tertiary/aromatic N) is 1. The Bertz CT molecular complexity index is 425. The molecule has 1 saturated heterocycles. The van der Waals surface area contributed by atoms with E-state index in [1.807, 2.05) is 12.1 Å². The van der Waals surface area contributed by atoms with Gasteiger partial charge in [-0.1, -0.05) is 19.4 Å². The minimum absolute atomic E-state index is 0.184. The molecule has 1 aromatic heterocycles. The molecule has 18 heavy (non-hydrogen) atoms. The van der Waals surface area contributed by atoms with E-state index in [4.69, 9.17) is 5.73 Å². The maximum atomic E-state index is 12.6. The second-order valence-electron chi connectivity index (χ2n) is 5.10. The third kappa shape index (κ3) is 2.53. The Hall–Kier alpha value is -1.42. The number of ketones is 1. The number of Topliss-reactive ketones (excluding diaryl/α,β-unsaturated/α-hetero) is 1. The van der Waals surface area contributed by atoms with Crippen molar-refractivity contribution < 1.29 is 4.79 Å². The standard InChI is InChI=1S/C14H21N3O/c1-2-5-14(6-8-16-10-14)12(18)9-11-4-3-7-17-13(11)15/h3-4,7,16H,2,5-6,8-10H2,1H3,(H2,15,17). The summed E-state index contributed by atoms with van der Waals surface area (Å²) in [5.74, 6) is 0.775. The Kier molecular flexibility index (Phi) is 3.97. The van der Waals surface area contributed by atoms with Crippen LogP contribution in [0.2, 0.25) is 0 Å². The smallest absolute Gasteiger partial charge is 0.144 e. The highest BCUT2D eigenvalue weighted by Crippen LogP contribution is 2.33. The largest absolute Gasteiger partial charge is 0.383 e. The number of rotatable bonds is 5. The fourth-order valence-electron chi connectivity index (χ4n) is 2.77. The number of nitrogen functional groups attached to an aromatic ring is 1. The molecule has 1 atom stereocenters. The Labute approximate surface area is 108 Å². The van der Waals surface area contributed by atoms with Crippen LogP contribution < -0.4 is 11.1 Å². The van der Waals surface area contributed by atoms with Crippen LogP contribution in [0.4, 0.5) is 5.82 Å². The topological polar surface area (TPSA) is 68.0 Å². The summed E-state index contributed by atoms with van der Waals surface area (Å²) in [6, 6.07) is 3.72. The maximum Gasteiger partial charge on any atom is 0.144 e. The summed E-state index contributed by atoms with van der Waals surface area (Å²) in [6.45, 7) is 3.87. The Balaban J connectivity index is 2.13. The zero-order chi connectivity index (χ0) is 13.0. The molecule has 98 valence electrons. The van der Waals surface area contributed by atoms with Crippen molar-refractivity contribution in [1.82, 2.24) is 10.3 Å². The third-order valence-electron chi connectivity index (χ3n) is 3.84. The molecule has 1 aliphatic rings. The van der Waals surface area contributed by atoms with Gasteiger partial charge in [0.1, 0.15) is 11.6 Å². The fraction of sp³-hybridized carbons (Fsp3) is 0.571. The van der Waals surface area contributed by atoms with Gasteiger partial charge in [-0.15, -0.1) is 0 Å². The summed E-state index contributed by atoms with van der Waals surface area (Å²) in [4.78, 5) is 16.6. The number of aromatic nitrogens is 1. The van der Waals surface area contributed by atoms with E-state index in [2.05, 4.69) is 17.2 Å². The molecule has 1 unspecified atom stereocenters. The van der Waals surface area contributed by atoms with Gasteiger partial charge in [-0.05, 0) is 25.5 Å². The predicted octanol–water partition coefficient (Wildman–Crippen LogP) is 1.56. The van der Waals surface area contributed by atoms with Crippen LogP contribution in [0.3, 0.4) is 0 Å². The predicted molar refractivity (Wildman–Crippen MR) is 72.2 cm³/mol. The van der Waals surface area contributed by atoms with Crippen LogP contribution in [0.1, 0.15) is 31.7 Å². The molecule has 0 aliphatic carbocycles. The van der Waals surface area contributed by atoms with E-state index in [9.17, 15) is 4.79 Å². The molecule has 0 saturated carbocycles. The average Bonchev–Trinajstić information content (AvgIpc) is 2.82. The van der Waals surface area contributed by atoms with Crippen LogP contribution in [-0.4, -0.2) is 23.9 Å². The van der Waals surface area contributed by atoms with Gasteiger partial charge in [-0.2, -0.15) is 0 Å². The van der Waals surface area contributed by atoms with Crippen molar-refractivity contribution in [2.24, 2.45) is 5.41 Å². The molecule has 1 aromatic rings. The molecule has 0 aromatic carbocycles. The molecule has 0 spiro atoms. The molecule has 0 radical (unpaired) electrons. The summed E-state index contributed by atoms with van der Waals surface area (Å²) in [5, 5.41) is 3.31. The highest BCUT2D eigenvalue weighted by atomic mass is 16.1. The van der Waals surface area contributed by atoms with Crippen LogP contribution in [0.5, 0.6) is 0 Å². The third-order valence-corrected chi connectivity index (χ3v) is 3.84. The second-order valence-corrected chi connectivity index (χ2v) is 5.10. The van der Waals surface area contributed by atoms with Crippen molar-refractivity contribution in [3.63, 3.8) is 0 Å². The number of carbonyl (C=O) groups is 1. The van der Waals surface area contributed by atoms with Gasteiger partial charge >= 0.3 is 0 Å². The lowest BCUT2D eigenvalue weighted by Crippen LogP contribution is -2.34. The lowest BCUT2D eigenvalue weighted by molar-refractivity contribution is -0.127. The van der Waals surface area contributed by atoms with Crippen LogP contribution in [-0.2, 0) is 11.2 Å². The fourth-order valence-corrected chi connectivity index (χ4v) is 2.77. The first-order valence-electron chi connectivity index (χ1n) is 6.61. The van der Waals surface area contributed by atoms with Gasteiger partial charge in [0.25, 0.3) is 0 Å². The van der Waals surface area contributed by atoms with E-state index in [1.54, 1.807) is 6.20 Å². The lowest BCUT2D eigenvalue weighted by atomic mass is 9.76. The van der Waals surface area contributed by atoms with E-state index in [1.165, 1.54) is 0 Å². The summed E-state index contributed by atoms with van der Waals surface area (Å²) in [7, 11) is 0. The number of nitrogens with one attached hydrogen (secondary N) is 1. The Morgan fingerprint density at radius 1 is 1.61 bits per heavy atom. The summed E-state index contributed by atoms with van der Waals surface area (Å²) < 4.78 is 0. The lowest BCUT2D eigenvalue weighted by Gasteiger charge is -2.26. The molecule has 4 heteroatoms. The van der Waals surface area contributed by atoms with Crippen molar-refractivity contribution >= 4 is 11.6 Å². The highest BCUT2D eigenvalue weighted by molar-refractivity contribution is 5.88. The molecule has 4 nitrogen and oxygen atoms in total. The summed E-state index contributed by atoms with van der Waals surface area (Å²) >= 11 is 0. The van der Waals surface area contributed by atoms with E-state index in [0.29, 0.717) is 18.0 Å². The monoisotopic (exact) mass is 247 g/mol. The summed E-state index contributed by atoms with van der Waals surface area (Å²) in [5.41, 5.74) is 6.47. The van der Waals surface area contributed by atoms with E-state index < -0.39 is 0 Å². The molecular formula is C14H21N3O. The minimum atomic E-state index is -0.184. The molecule has 0 amide bonds. The van der Waals surface area contributed by atoms with Crippen molar-refractivity contribution in [2.45, 2.75) is 32.6 Å². The first kappa shape index (κ1) is 13.0. The van der Waals surface area contributed by atoms with E-state index >= 15 is 0 Å². The van der Waals surface area contributed by atoms with Gasteiger partial charge in [0.2, 0.25) is 0 Å². The van der Waals surface area contributed by atoms with Crippen LogP contribution in [0.25, 0.3) is 0 Å². The number of hydrogen-bond acceptors (Lipinski definition) is 4. The average molecular weight is 247 g/mol. The number of pyridine rings is 1. The normalized spacial score (nSPS) is 23.2. The molecule has 3 N–H and O–H groups in total. The zero-order valence-corrected chi connectivity index (χ0v) is 10.9. The van der Waals surface area contributed by atoms with Crippen LogP contribution >= 0.6 is 0 Å². The highest BCUT2D eigenvalue weighted by Gasteiger charge is 2.39. The Morgan fingerprint density at radius 3 is 3.06 bits per heavy atom.